The molecule has 11 heteroatoms. The molecule has 0 bridgehead atoms. The number of rotatable bonds is 2. The number of halogens is 1. The van der Waals surface area contributed by atoms with E-state index in [1.807, 2.05) is 0 Å². The van der Waals surface area contributed by atoms with Crippen molar-refractivity contribution in [2.24, 2.45) is 0 Å². The fourth-order valence-electron chi connectivity index (χ4n) is 2.22. The summed E-state index contributed by atoms with van der Waals surface area (Å²) in [5, 5.41) is 7.59. The maximum Gasteiger partial charge on any atom is 0.330 e. The van der Waals surface area contributed by atoms with Gasteiger partial charge in [-0.25, -0.2) is 13.5 Å². The predicted molar refractivity (Wildman–Crippen MR) is 83.5 cm³/mol. The molecule has 0 amide bonds. The van der Waals surface area contributed by atoms with Crippen LogP contribution in [-0.4, -0.2) is 34.0 Å². The molecule has 1 aliphatic heterocycles. The maximum absolute atomic E-state index is 12.7. The Bertz CT molecular complexity index is 959. The molecule has 8 nitrogen and oxygen atoms in total. The smallest absolute Gasteiger partial charge is 0.288 e. The molecule has 0 aliphatic carbocycles. The number of hydrogen-bond donors (Lipinski definition) is 1. The van der Waals surface area contributed by atoms with Gasteiger partial charge in [0.1, 0.15) is 10.0 Å². The first kappa shape index (κ1) is 15.6. The van der Waals surface area contributed by atoms with Crippen molar-refractivity contribution in [3.05, 3.63) is 41.9 Å². The molecule has 0 spiro atoms. The van der Waals surface area contributed by atoms with E-state index in [0.29, 0.717) is 5.56 Å². The molecule has 2 aromatic heterocycles. The highest BCUT2D eigenvalue weighted by molar-refractivity contribution is 9.10. The third kappa shape index (κ3) is 2.37. The average molecular weight is 407 g/mol. The van der Waals surface area contributed by atoms with Crippen LogP contribution in [0.3, 0.4) is 0 Å². The number of H-pyrrole nitrogens is 1. The second-order valence-corrected chi connectivity index (χ2v) is 8.63. The van der Waals surface area contributed by atoms with Gasteiger partial charge in [0.25, 0.3) is 10.0 Å². The Balaban J connectivity index is 2.01. The summed E-state index contributed by atoms with van der Waals surface area (Å²) in [6, 6.07) is 0. The number of nitrogens with zero attached hydrogens (tertiary/aromatic N) is 3. The molecule has 0 aromatic carbocycles. The van der Waals surface area contributed by atoms with Gasteiger partial charge in [0, 0.05) is 22.9 Å². The van der Waals surface area contributed by atoms with E-state index in [4.69, 9.17) is 0 Å². The van der Waals surface area contributed by atoms with E-state index in [2.05, 4.69) is 26.1 Å². The number of sulfonamides is 1. The first-order chi connectivity index (χ1) is 10.3. The van der Waals surface area contributed by atoms with Crippen LogP contribution in [0.5, 0.6) is 0 Å². The van der Waals surface area contributed by atoms with E-state index >= 15 is 0 Å². The van der Waals surface area contributed by atoms with E-state index in [1.165, 1.54) is 8.87 Å². The van der Waals surface area contributed by atoms with Gasteiger partial charge in [0.2, 0.25) is 0 Å². The van der Waals surface area contributed by atoms with Crippen molar-refractivity contribution in [3.63, 3.8) is 0 Å². The molecule has 0 unspecified atom stereocenters. The van der Waals surface area contributed by atoms with Crippen molar-refractivity contribution in [2.75, 3.05) is 6.54 Å². The lowest BCUT2D eigenvalue weighted by Crippen LogP contribution is -2.47. The Morgan fingerprint density at radius 1 is 1.36 bits per heavy atom. The van der Waals surface area contributed by atoms with Crippen LogP contribution in [-0.2, 0) is 23.1 Å². The lowest BCUT2D eigenvalue weighted by Gasteiger charge is -2.27. The van der Waals surface area contributed by atoms with Crippen molar-refractivity contribution in [3.8, 4) is 0 Å². The lowest BCUT2D eigenvalue weighted by molar-refractivity contribution is 0.321. The molecule has 1 N–H and O–H groups in total. The van der Waals surface area contributed by atoms with Crippen LogP contribution in [0.4, 0.5) is 0 Å². The van der Waals surface area contributed by atoms with Crippen LogP contribution in [0.25, 0.3) is 0 Å². The third-order valence-corrected chi connectivity index (χ3v) is 8.12. The van der Waals surface area contributed by atoms with Gasteiger partial charge in [-0.2, -0.15) is 9.40 Å². The summed E-state index contributed by atoms with van der Waals surface area (Å²) in [6.07, 6.45) is 0. The molecular weight excluding hydrogens is 396 g/mol. The zero-order valence-electron chi connectivity index (χ0n) is 11.4. The molecule has 3 heterocycles. The fraction of sp³-hybridized carbons (Fsp3) is 0.364. The van der Waals surface area contributed by atoms with Crippen LogP contribution >= 0.6 is 27.3 Å². The summed E-state index contributed by atoms with van der Waals surface area (Å²) in [7, 11) is -3.66. The summed E-state index contributed by atoms with van der Waals surface area (Å²) in [5.74, 6) is 0.229. The van der Waals surface area contributed by atoms with Crippen LogP contribution < -0.4 is 11.1 Å². The van der Waals surface area contributed by atoms with E-state index in [0.717, 1.165) is 15.8 Å². The van der Waals surface area contributed by atoms with Crippen LogP contribution in [0.15, 0.2) is 23.7 Å². The van der Waals surface area contributed by atoms with E-state index in [1.54, 1.807) is 12.3 Å². The number of nitrogens with one attached hydrogen (secondary N) is 1. The van der Waals surface area contributed by atoms with Crippen LogP contribution in [0.2, 0.25) is 0 Å². The summed E-state index contributed by atoms with van der Waals surface area (Å²) in [4.78, 5) is 23.0. The molecule has 0 saturated heterocycles. The molecule has 118 valence electrons. The molecule has 1 aliphatic rings. The Labute approximate surface area is 137 Å². The summed E-state index contributed by atoms with van der Waals surface area (Å²) < 4.78 is 28.9. The number of hydrogen-bond acceptors (Lipinski definition) is 6. The molecule has 2 aromatic rings. The molecule has 0 atom stereocenters. The number of thiophene rings is 1. The minimum atomic E-state index is -3.66. The minimum absolute atomic E-state index is 0.0523. The van der Waals surface area contributed by atoms with E-state index in [-0.39, 0.29) is 29.7 Å². The van der Waals surface area contributed by atoms with Gasteiger partial charge in [0.15, 0.2) is 0 Å². The largest absolute Gasteiger partial charge is 0.330 e. The zero-order chi connectivity index (χ0) is 16.1. The van der Waals surface area contributed by atoms with Crippen molar-refractivity contribution in [1.82, 2.24) is 19.1 Å². The quantitative estimate of drug-likeness (QED) is 0.720. The van der Waals surface area contributed by atoms with E-state index < -0.39 is 21.1 Å². The highest BCUT2D eigenvalue weighted by Gasteiger charge is 2.32. The van der Waals surface area contributed by atoms with Crippen molar-refractivity contribution >= 4 is 37.3 Å². The molecule has 0 fully saturated rings. The number of aromatic amines is 1. The van der Waals surface area contributed by atoms with Crippen LogP contribution in [0.1, 0.15) is 11.4 Å². The van der Waals surface area contributed by atoms with Crippen molar-refractivity contribution in [1.29, 1.82) is 0 Å². The summed E-state index contributed by atoms with van der Waals surface area (Å²) in [6.45, 7) is 1.90. The first-order valence-corrected chi connectivity index (χ1v) is 9.36. The number of fused-ring (bicyclic) bond motifs is 1. The summed E-state index contributed by atoms with van der Waals surface area (Å²) in [5.41, 5.74) is -0.863. The molecule has 3 rings (SSSR count). The topological polar surface area (TPSA) is 105 Å². The van der Waals surface area contributed by atoms with Gasteiger partial charge in [0.05, 0.1) is 6.54 Å². The van der Waals surface area contributed by atoms with Gasteiger partial charge in [-0.1, -0.05) is 0 Å². The Kier molecular flexibility index (Phi) is 3.83. The van der Waals surface area contributed by atoms with Gasteiger partial charge >= 0.3 is 11.1 Å². The third-order valence-electron chi connectivity index (χ3n) is 3.44. The normalized spacial score (nSPS) is 15.7. The van der Waals surface area contributed by atoms with Crippen molar-refractivity contribution in [2.45, 2.75) is 24.2 Å². The highest BCUT2D eigenvalue weighted by atomic mass is 79.9. The second kappa shape index (κ2) is 5.41. The SMILES string of the molecule is Cc1c(Br)csc1S(=O)(=O)N1CCn2c(n[nH]c(=O)c2=O)C1. The Morgan fingerprint density at radius 2 is 2.09 bits per heavy atom. The van der Waals surface area contributed by atoms with Gasteiger partial charge < -0.3 is 0 Å². The molecule has 0 saturated carbocycles. The molecule has 0 radical (unpaired) electrons. The highest BCUT2D eigenvalue weighted by Crippen LogP contribution is 2.33. The average Bonchev–Trinajstić information content (AvgIpc) is 2.83. The monoisotopic (exact) mass is 406 g/mol. The standard InChI is InChI=1S/C11H11BrN4O4S2/c1-6-7(12)5-21-11(6)22(19,20)15-2-3-16-8(4-15)13-14-9(17)10(16)18/h5H,2-4H2,1H3,(H,14,17). The van der Waals surface area contributed by atoms with Gasteiger partial charge in [-0.3, -0.25) is 14.2 Å². The van der Waals surface area contributed by atoms with Gasteiger partial charge in [-0.05, 0) is 28.4 Å². The summed E-state index contributed by atoms with van der Waals surface area (Å²) >= 11 is 4.45. The van der Waals surface area contributed by atoms with E-state index in [9.17, 15) is 18.0 Å². The van der Waals surface area contributed by atoms with Crippen LogP contribution in [0, 0.1) is 6.92 Å². The predicted octanol–water partition coefficient (Wildman–Crippen LogP) is 0.269. The maximum atomic E-state index is 12.7. The minimum Gasteiger partial charge on any atom is -0.288 e. The lowest BCUT2D eigenvalue weighted by atomic mass is 10.4. The molecule has 22 heavy (non-hydrogen) atoms. The number of aromatic nitrogens is 3. The zero-order valence-corrected chi connectivity index (χ0v) is 14.6. The first-order valence-electron chi connectivity index (χ1n) is 6.24. The van der Waals surface area contributed by atoms with Crippen molar-refractivity contribution < 1.29 is 8.42 Å². The Morgan fingerprint density at radius 3 is 2.73 bits per heavy atom. The fourth-order valence-corrected chi connectivity index (χ4v) is 5.92. The van der Waals surface area contributed by atoms with Gasteiger partial charge in [-0.15, -0.1) is 11.3 Å². The molecular formula is C11H11BrN4O4S2. The Hall–Kier alpha value is -1.30. The second-order valence-electron chi connectivity index (χ2n) is 4.76.